The highest BCUT2D eigenvalue weighted by atomic mass is 32.2. The molecule has 0 bridgehead atoms. The molecule has 1 saturated heterocycles. The molecule has 188 valence electrons. The lowest BCUT2D eigenvalue weighted by Gasteiger charge is -2.33. The maximum Gasteiger partial charge on any atom is 0.416 e. The van der Waals surface area contributed by atoms with Crippen LogP contribution in [0.2, 0.25) is 0 Å². The van der Waals surface area contributed by atoms with Crippen molar-refractivity contribution >= 4 is 39.8 Å². The second-order valence-electron chi connectivity index (χ2n) is 8.55. The zero-order chi connectivity index (χ0) is 25.4. The number of carbonyl (C=O) groups is 1. The van der Waals surface area contributed by atoms with E-state index in [1.54, 1.807) is 24.4 Å². The Balaban J connectivity index is 1.35. The van der Waals surface area contributed by atoms with Crippen LogP contribution < -0.4 is 5.32 Å². The first-order valence-corrected chi connectivity index (χ1v) is 12.0. The fourth-order valence-electron chi connectivity index (χ4n) is 4.26. The number of phenolic OH excluding ortho intramolecular Hbond substituents is 1. The van der Waals surface area contributed by atoms with Crippen molar-refractivity contribution in [2.45, 2.75) is 18.8 Å². The summed E-state index contributed by atoms with van der Waals surface area (Å²) in [5.41, 5.74) is 0.459. The fraction of sp³-hybridized carbons (Fsp3) is 0.292. The van der Waals surface area contributed by atoms with Crippen LogP contribution in [0, 0.1) is 0 Å². The zero-order valence-corrected chi connectivity index (χ0v) is 19.7. The first kappa shape index (κ1) is 24.3. The highest BCUT2D eigenvalue weighted by Gasteiger charge is 2.34. The Labute approximate surface area is 208 Å². The number of nitrogens with one attached hydrogen (secondary N) is 1. The van der Waals surface area contributed by atoms with Crippen molar-refractivity contribution in [2.24, 2.45) is 4.99 Å². The standard InChI is InChI=1S/C24H22F3N5O3S/c25-24(26,27)19-9-18(34)3-2-15(19)11-32-20-4-1-14(7-16(20)10-29-32)8-21-22(35)30-23(36-21)31-6-5-28-17(12-31)13-33/h1-4,7-10,17,28,33-34H,5-6,11-13H2/b21-8-/t17-/m1/s1. The van der Waals surface area contributed by atoms with E-state index in [4.69, 9.17) is 0 Å². The Kier molecular flexibility index (Phi) is 6.49. The summed E-state index contributed by atoms with van der Waals surface area (Å²) < 4.78 is 41.8. The molecule has 1 aromatic heterocycles. The maximum absolute atomic E-state index is 13.4. The van der Waals surface area contributed by atoms with Crippen LogP contribution >= 0.6 is 11.8 Å². The van der Waals surface area contributed by atoms with Crippen molar-refractivity contribution in [1.82, 2.24) is 20.0 Å². The summed E-state index contributed by atoms with van der Waals surface area (Å²) in [7, 11) is 0. The minimum atomic E-state index is -4.60. The van der Waals surface area contributed by atoms with Gasteiger partial charge in [-0.25, -0.2) is 0 Å². The average Bonchev–Trinajstić information content (AvgIpc) is 3.42. The molecule has 2 aliphatic heterocycles. The Morgan fingerprint density at radius 2 is 2.06 bits per heavy atom. The van der Waals surface area contributed by atoms with Crippen molar-refractivity contribution in [2.75, 3.05) is 26.2 Å². The topological polar surface area (TPSA) is 103 Å². The second-order valence-corrected chi connectivity index (χ2v) is 9.56. The molecule has 12 heteroatoms. The maximum atomic E-state index is 13.4. The van der Waals surface area contributed by atoms with Crippen LogP contribution in [0.25, 0.3) is 17.0 Å². The van der Waals surface area contributed by atoms with E-state index in [9.17, 15) is 28.2 Å². The number of benzene rings is 2. The van der Waals surface area contributed by atoms with Gasteiger partial charge in [0.25, 0.3) is 5.91 Å². The number of aliphatic hydroxyl groups excluding tert-OH is 1. The quantitative estimate of drug-likeness (QED) is 0.457. The molecule has 1 fully saturated rings. The second kappa shape index (κ2) is 9.60. The van der Waals surface area contributed by atoms with E-state index >= 15 is 0 Å². The molecule has 3 N–H and O–H groups in total. The summed E-state index contributed by atoms with van der Waals surface area (Å²) in [6, 6.07) is 8.43. The van der Waals surface area contributed by atoms with Crippen LogP contribution in [0.1, 0.15) is 16.7 Å². The summed E-state index contributed by atoms with van der Waals surface area (Å²) in [6.07, 6.45) is -1.31. The number of hydrogen-bond donors (Lipinski definition) is 3. The third-order valence-electron chi connectivity index (χ3n) is 6.04. The van der Waals surface area contributed by atoms with E-state index in [2.05, 4.69) is 15.4 Å². The SMILES string of the molecule is O=C1N=C(N2CCN[C@@H](CO)C2)S/C1=C\c1ccc2c(cnn2Cc2ccc(O)cc2C(F)(F)F)c1. The van der Waals surface area contributed by atoms with Crippen molar-refractivity contribution < 1.29 is 28.2 Å². The molecule has 1 atom stereocenters. The molecule has 0 unspecified atom stereocenters. The number of nitrogens with zero attached hydrogens (tertiary/aromatic N) is 4. The molecule has 1 amide bonds. The predicted molar refractivity (Wildman–Crippen MR) is 130 cm³/mol. The summed E-state index contributed by atoms with van der Waals surface area (Å²) in [6.45, 7) is 1.82. The number of alkyl halides is 3. The lowest BCUT2D eigenvalue weighted by Crippen LogP contribution is -2.53. The van der Waals surface area contributed by atoms with Crippen LogP contribution in [-0.2, 0) is 17.5 Å². The lowest BCUT2D eigenvalue weighted by atomic mass is 10.1. The molecule has 0 radical (unpaired) electrons. The molecule has 3 aromatic rings. The van der Waals surface area contributed by atoms with Crippen LogP contribution in [0.5, 0.6) is 5.75 Å². The number of thioether (sulfide) groups is 1. The van der Waals surface area contributed by atoms with E-state index in [1.807, 2.05) is 11.0 Å². The number of halogens is 3. The van der Waals surface area contributed by atoms with E-state index in [-0.39, 0.29) is 30.7 Å². The highest BCUT2D eigenvalue weighted by molar-refractivity contribution is 8.18. The third-order valence-corrected chi connectivity index (χ3v) is 7.08. The fourth-order valence-corrected chi connectivity index (χ4v) is 5.20. The molecular weight excluding hydrogens is 495 g/mol. The molecule has 0 spiro atoms. The largest absolute Gasteiger partial charge is 0.508 e. The zero-order valence-electron chi connectivity index (χ0n) is 18.9. The summed E-state index contributed by atoms with van der Waals surface area (Å²) in [5, 5.41) is 27.7. The van der Waals surface area contributed by atoms with Gasteiger partial charge < -0.3 is 20.4 Å². The van der Waals surface area contributed by atoms with Gasteiger partial charge >= 0.3 is 6.18 Å². The molecular formula is C24H22F3N5O3S. The number of amides is 1. The minimum absolute atomic E-state index is 0.00302. The number of aromatic hydroxyl groups is 1. The monoisotopic (exact) mass is 517 g/mol. The van der Waals surface area contributed by atoms with Gasteiger partial charge in [-0.3, -0.25) is 9.48 Å². The molecule has 0 aliphatic carbocycles. The van der Waals surface area contributed by atoms with E-state index in [0.29, 0.717) is 46.7 Å². The van der Waals surface area contributed by atoms with Crippen molar-refractivity contribution in [3.63, 3.8) is 0 Å². The van der Waals surface area contributed by atoms with Gasteiger partial charge in [-0.1, -0.05) is 12.1 Å². The van der Waals surface area contributed by atoms with Gasteiger partial charge in [0, 0.05) is 31.1 Å². The van der Waals surface area contributed by atoms with Crippen LogP contribution in [0.4, 0.5) is 13.2 Å². The molecule has 3 heterocycles. The Morgan fingerprint density at radius 1 is 1.22 bits per heavy atom. The summed E-state index contributed by atoms with van der Waals surface area (Å²) >= 11 is 1.28. The van der Waals surface area contributed by atoms with Gasteiger partial charge in [0.15, 0.2) is 5.17 Å². The number of fused-ring (bicyclic) bond motifs is 1. The normalized spacial score (nSPS) is 19.9. The number of aliphatic imine (C=N–C) groups is 1. The Hall–Kier alpha value is -3.35. The average molecular weight is 518 g/mol. The van der Waals surface area contributed by atoms with Crippen molar-refractivity contribution in [3.8, 4) is 5.75 Å². The summed E-state index contributed by atoms with van der Waals surface area (Å²) in [4.78, 5) is 19.1. The lowest BCUT2D eigenvalue weighted by molar-refractivity contribution is -0.138. The molecule has 0 saturated carbocycles. The number of amidine groups is 1. The smallest absolute Gasteiger partial charge is 0.416 e. The number of aliphatic hydroxyl groups is 1. The number of rotatable bonds is 4. The number of phenols is 1. The Morgan fingerprint density at radius 3 is 2.83 bits per heavy atom. The van der Waals surface area contributed by atoms with Gasteiger partial charge in [-0.05, 0) is 53.2 Å². The predicted octanol–water partition coefficient (Wildman–Crippen LogP) is 3.05. The van der Waals surface area contributed by atoms with E-state index in [1.165, 1.54) is 28.6 Å². The number of piperazine rings is 1. The highest BCUT2D eigenvalue weighted by Crippen LogP contribution is 2.35. The summed E-state index contributed by atoms with van der Waals surface area (Å²) in [5.74, 6) is -0.789. The van der Waals surface area contributed by atoms with Gasteiger partial charge in [0.2, 0.25) is 0 Å². The van der Waals surface area contributed by atoms with Gasteiger partial charge in [0.05, 0.1) is 35.3 Å². The number of hydrogen-bond acceptors (Lipinski definition) is 7. The molecule has 36 heavy (non-hydrogen) atoms. The van der Waals surface area contributed by atoms with Crippen molar-refractivity contribution in [1.29, 1.82) is 0 Å². The van der Waals surface area contributed by atoms with Gasteiger partial charge in [-0.15, -0.1) is 0 Å². The molecule has 8 nitrogen and oxygen atoms in total. The molecule has 2 aromatic carbocycles. The third kappa shape index (κ3) is 4.97. The first-order chi connectivity index (χ1) is 17.2. The molecule has 2 aliphatic rings. The van der Waals surface area contributed by atoms with Gasteiger partial charge in [0.1, 0.15) is 5.75 Å². The van der Waals surface area contributed by atoms with Crippen LogP contribution in [-0.4, -0.2) is 68.3 Å². The number of aromatic nitrogens is 2. The van der Waals surface area contributed by atoms with E-state index in [0.717, 1.165) is 5.56 Å². The van der Waals surface area contributed by atoms with Crippen LogP contribution in [0.15, 0.2) is 52.5 Å². The van der Waals surface area contributed by atoms with Crippen LogP contribution in [0.3, 0.4) is 0 Å². The van der Waals surface area contributed by atoms with Crippen molar-refractivity contribution in [3.05, 3.63) is 64.2 Å². The first-order valence-electron chi connectivity index (χ1n) is 11.2. The van der Waals surface area contributed by atoms with Gasteiger partial charge in [-0.2, -0.15) is 23.3 Å². The molecule has 5 rings (SSSR count). The van der Waals surface area contributed by atoms with E-state index < -0.39 is 17.5 Å². The number of carbonyl (C=O) groups excluding carboxylic acids is 1. The minimum Gasteiger partial charge on any atom is -0.508 e. The Bertz CT molecular complexity index is 1390.